The van der Waals surface area contributed by atoms with E-state index in [0.717, 1.165) is 70.6 Å². The molecule has 0 aromatic heterocycles. The Morgan fingerprint density at radius 2 is 1.29 bits per heavy atom. The van der Waals surface area contributed by atoms with Crippen LogP contribution in [0.4, 0.5) is 0 Å². The first kappa shape index (κ1) is 22.9. The van der Waals surface area contributed by atoms with E-state index in [9.17, 15) is 9.59 Å². The molecule has 0 heterocycles. The molecule has 1 unspecified atom stereocenters. The fourth-order valence-electron chi connectivity index (χ4n) is 2.50. The minimum atomic E-state index is -0.0926. The quantitative estimate of drug-likeness (QED) is 0.277. The fraction of sp³-hybridized carbons (Fsp3) is 0.900. The summed E-state index contributed by atoms with van der Waals surface area (Å²) in [7, 11) is 0. The van der Waals surface area contributed by atoms with Crippen LogP contribution in [0.1, 0.15) is 97.8 Å². The summed E-state index contributed by atoms with van der Waals surface area (Å²) >= 11 is 0. The molecule has 0 aliphatic heterocycles. The van der Waals surface area contributed by atoms with Crippen LogP contribution in [0.2, 0.25) is 0 Å². The summed E-state index contributed by atoms with van der Waals surface area (Å²) in [6.45, 7) is 7.40. The molecular weight excluding hydrogens is 304 g/mol. The number of carbonyl (C=O) groups is 2. The zero-order valence-corrected chi connectivity index (χ0v) is 16.1. The molecule has 0 radical (unpaired) electrons. The molecule has 0 amide bonds. The van der Waals surface area contributed by atoms with Gasteiger partial charge in [-0.2, -0.15) is 0 Å². The minimum Gasteiger partial charge on any atom is -0.466 e. The van der Waals surface area contributed by atoms with Crippen LogP contribution in [-0.2, 0) is 19.1 Å². The molecule has 0 aromatic rings. The van der Waals surface area contributed by atoms with Gasteiger partial charge in [0.15, 0.2) is 0 Å². The van der Waals surface area contributed by atoms with E-state index in [1.165, 1.54) is 0 Å². The molecule has 0 aliphatic carbocycles. The van der Waals surface area contributed by atoms with E-state index < -0.39 is 0 Å². The number of esters is 2. The average molecular weight is 343 g/mol. The summed E-state index contributed by atoms with van der Waals surface area (Å²) in [5.41, 5.74) is 0. The molecule has 0 saturated carbocycles. The van der Waals surface area contributed by atoms with Crippen LogP contribution in [0.25, 0.3) is 0 Å². The number of rotatable bonds is 16. The standard InChI is InChI=1S/C20H38O4/c1-4-7-13-18(20(22)24-17-9-6-3)14-11-10-12-15-19(21)23-16-8-5-2/h18H,4-17H2,1-3H3. The second kappa shape index (κ2) is 16.8. The number of carbonyl (C=O) groups excluding carboxylic acids is 2. The maximum atomic E-state index is 12.1. The Kier molecular flexibility index (Phi) is 16.0. The van der Waals surface area contributed by atoms with E-state index in [1.807, 2.05) is 0 Å². The fourth-order valence-corrected chi connectivity index (χ4v) is 2.50. The zero-order valence-electron chi connectivity index (χ0n) is 16.1. The van der Waals surface area contributed by atoms with Crippen molar-refractivity contribution in [3.05, 3.63) is 0 Å². The van der Waals surface area contributed by atoms with Gasteiger partial charge in [0.1, 0.15) is 0 Å². The van der Waals surface area contributed by atoms with Crippen LogP contribution in [0.5, 0.6) is 0 Å². The van der Waals surface area contributed by atoms with Crippen molar-refractivity contribution in [3.8, 4) is 0 Å². The topological polar surface area (TPSA) is 52.6 Å². The van der Waals surface area contributed by atoms with Gasteiger partial charge < -0.3 is 9.47 Å². The monoisotopic (exact) mass is 342 g/mol. The highest BCUT2D eigenvalue weighted by atomic mass is 16.5. The Balaban J connectivity index is 3.88. The van der Waals surface area contributed by atoms with Crippen molar-refractivity contribution in [2.45, 2.75) is 97.8 Å². The van der Waals surface area contributed by atoms with Crippen LogP contribution in [0.3, 0.4) is 0 Å². The first-order valence-electron chi connectivity index (χ1n) is 9.97. The molecule has 4 heteroatoms. The highest BCUT2D eigenvalue weighted by Crippen LogP contribution is 2.19. The van der Waals surface area contributed by atoms with Gasteiger partial charge in [0.25, 0.3) is 0 Å². The highest BCUT2D eigenvalue weighted by molar-refractivity contribution is 5.72. The van der Waals surface area contributed by atoms with Crippen LogP contribution in [-0.4, -0.2) is 25.2 Å². The highest BCUT2D eigenvalue weighted by Gasteiger charge is 2.19. The molecule has 0 spiro atoms. The average Bonchev–Trinajstić information content (AvgIpc) is 2.57. The van der Waals surface area contributed by atoms with Crippen molar-refractivity contribution in [3.63, 3.8) is 0 Å². The summed E-state index contributed by atoms with van der Waals surface area (Å²) in [4.78, 5) is 23.7. The van der Waals surface area contributed by atoms with E-state index in [1.54, 1.807) is 0 Å². The Labute approximate surface area is 148 Å². The first-order chi connectivity index (χ1) is 11.7. The zero-order chi connectivity index (χ0) is 18.0. The van der Waals surface area contributed by atoms with E-state index in [0.29, 0.717) is 19.6 Å². The molecular formula is C20H38O4. The lowest BCUT2D eigenvalue weighted by Gasteiger charge is -2.15. The molecule has 1 atom stereocenters. The molecule has 0 fully saturated rings. The summed E-state index contributed by atoms with van der Waals surface area (Å²) in [6.07, 6.45) is 11.2. The van der Waals surface area contributed by atoms with Crippen molar-refractivity contribution in [1.82, 2.24) is 0 Å². The van der Waals surface area contributed by atoms with Gasteiger partial charge in [-0.1, -0.05) is 59.3 Å². The van der Waals surface area contributed by atoms with Gasteiger partial charge in [-0.25, -0.2) is 0 Å². The van der Waals surface area contributed by atoms with Crippen LogP contribution in [0.15, 0.2) is 0 Å². The van der Waals surface area contributed by atoms with Gasteiger partial charge in [-0.05, 0) is 32.1 Å². The largest absolute Gasteiger partial charge is 0.466 e. The predicted molar refractivity (Wildman–Crippen MR) is 97.8 cm³/mol. The van der Waals surface area contributed by atoms with Crippen molar-refractivity contribution in [2.24, 2.45) is 5.92 Å². The van der Waals surface area contributed by atoms with E-state index in [-0.39, 0.29) is 17.9 Å². The molecule has 4 nitrogen and oxygen atoms in total. The lowest BCUT2D eigenvalue weighted by molar-refractivity contribution is -0.149. The maximum Gasteiger partial charge on any atom is 0.308 e. The summed E-state index contributed by atoms with van der Waals surface area (Å²) < 4.78 is 10.5. The SMILES string of the molecule is CCCCOC(=O)CCCCCC(CCCC)C(=O)OCCCC. The normalized spacial score (nSPS) is 12.0. The number of unbranched alkanes of at least 4 members (excludes halogenated alkanes) is 5. The van der Waals surface area contributed by atoms with Gasteiger partial charge in [-0.3, -0.25) is 9.59 Å². The molecule has 0 saturated heterocycles. The summed E-state index contributed by atoms with van der Waals surface area (Å²) in [5.74, 6) is -0.0980. The van der Waals surface area contributed by atoms with Crippen molar-refractivity contribution in [2.75, 3.05) is 13.2 Å². The number of hydrogen-bond acceptors (Lipinski definition) is 4. The lowest BCUT2D eigenvalue weighted by atomic mass is 9.95. The van der Waals surface area contributed by atoms with Crippen LogP contribution >= 0.6 is 0 Å². The van der Waals surface area contributed by atoms with Gasteiger partial charge in [-0.15, -0.1) is 0 Å². The van der Waals surface area contributed by atoms with E-state index >= 15 is 0 Å². The second-order valence-electron chi connectivity index (χ2n) is 6.53. The van der Waals surface area contributed by atoms with E-state index in [2.05, 4.69) is 20.8 Å². The van der Waals surface area contributed by atoms with Crippen LogP contribution in [0, 0.1) is 5.92 Å². The Morgan fingerprint density at radius 3 is 1.92 bits per heavy atom. The molecule has 142 valence electrons. The van der Waals surface area contributed by atoms with Gasteiger partial charge >= 0.3 is 11.9 Å². The van der Waals surface area contributed by atoms with Crippen LogP contribution < -0.4 is 0 Å². The third kappa shape index (κ3) is 13.4. The van der Waals surface area contributed by atoms with Gasteiger partial charge in [0.05, 0.1) is 19.1 Å². The van der Waals surface area contributed by atoms with Gasteiger partial charge in [0.2, 0.25) is 0 Å². The predicted octanol–water partition coefficient (Wildman–Crippen LogP) is 5.43. The number of hydrogen-bond donors (Lipinski definition) is 0. The molecule has 0 rings (SSSR count). The summed E-state index contributed by atoms with van der Waals surface area (Å²) in [5, 5.41) is 0. The Hall–Kier alpha value is -1.06. The van der Waals surface area contributed by atoms with Gasteiger partial charge in [0, 0.05) is 6.42 Å². The molecule has 0 aliphatic rings. The molecule has 0 N–H and O–H groups in total. The Morgan fingerprint density at radius 1 is 0.708 bits per heavy atom. The molecule has 24 heavy (non-hydrogen) atoms. The third-order valence-corrected chi connectivity index (χ3v) is 4.18. The summed E-state index contributed by atoms with van der Waals surface area (Å²) in [6, 6.07) is 0. The number of ether oxygens (including phenoxy) is 2. The second-order valence-corrected chi connectivity index (χ2v) is 6.53. The molecule has 0 aromatic carbocycles. The third-order valence-electron chi connectivity index (χ3n) is 4.18. The first-order valence-corrected chi connectivity index (χ1v) is 9.97. The molecule has 0 bridgehead atoms. The van der Waals surface area contributed by atoms with Crippen molar-refractivity contribution >= 4 is 11.9 Å². The Bertz CT molecular complexity index is 315. The van der Waals surface area contributed by atoms with Crippen molar-refractivity contribution < 1.29 is 19.1 Å². The maximum absolute atomic E-state index is 12.1. The van der Waals surface area contributed by atoms with Crippen molar-refractivity contribution in [1.29, 1.82) is 0 Å². The lowest BCUT2D eigenvalue weighted by Crippen LogP contribution is -2.18. The smallest absolute Gasteiger partial charge is 0.308 e. The van der Waals surface area contributed by atoms with E-state index in [4.69, 9.17) is 9.47 Å². The minimum absolute atomic E-state index is 0.0262.